The van der Waals surface area contributed by atoms with Gasteiger partial charge in [0.2, 0.25) is 0 Å². The van der Waals surface area contributed by atoms with Crippen molar-refractivity contribution >= 4 is 28.2 Å². The number of hydrogen-bond acceptors (Lipinski definition) is 4. The molecule has 0 aliphatic rings. The average Bonchev–Trinajstić information content (AvgIpc) is 2.24. The lowest BCUT2D eigenvalue weighted by atomic mass is 9.96. The molecule has 0 aliphatic heterocycles. The van der Waals surface area contributed by atoms with Crippen LogP contribution >= 0.6 is 11.6 Å². The molecular weight excluding hydrogens is 282 g/mol. The van der Waals surface area contributed by atoms with E-state index in [1.54, 1.807) is 12.3 Å². The third kappa shape index (κ3) is 5.87. The molecule has 1 aromatic heterocycles. The van der Waals surface area contributed by atoms with Crippen LogP contribution < -0.4 is 5.32 Å². The second-order valence-electron chi connectivity index (χ2n) is 5.76. The summed E-state index contributed by atoms with van der Waals surface area (Å²) in [4.78, 5) is 8.74. The van der Waals surface area contributed by atoms with Gasteiger partial charge in [-0.05, 0) is 13.3 Å². The highest BCUT2D eigenvalue weighted by Crippen LogP contribution is 2.22. The smallest absolute Gasteiger partial charge is 0.137 e. The van der Waals surface area contributed by atoms with Gasteiger partial charge in [-0.15, -0.1) is 0 Å². The van der Waals surface area contributed by atoms with Gasteiger partial charge in [0.05, 0.1) is 0 Å². The summed E-state index contributed by atoms with van der Waals surface area (Å²) < 4.78 is 11.1. The molecule has 0 bridgehead atoms. The molecule has 0 radical (unpaired) electrons. The Morgan fingerprint density at radius 1 is 1.42 bits per heavy atom. The lowest BCUT2D eigenvalue weighted by Gasteiger charge is -2.19. The van der Waals surface area contributed by atoms with Gasteiger partial charge in [0, 0.05) is 40.3 Å². The predicted octanol–water partition coefficient (Wildman–Crippen LogP) is 3.00. The van der Waals surface area contributed by atoms with Crippen LogP contribution in [0.3, 0.4) is 0 Å². The molecule has 1 rings (SSSR count). The number of halogens is 1. The van der Waals surface area contributed by atoms with Crippen molar-refractivity contribution in [1.82, 2.24) is 9.97 Å². The third-order valence-corrected chi connectivity index (χ3v) is 3.60. The second-order valence-corrected chi connectivity index (χ2v) is 7.70. The summed E-state index contributed by atoms with van der Waals surface area (Å²) in [7, 11) is -0.766. The summed E-state index contributed by atoms with van der Waals surface area (Å²) >= 11 is 6.03. The Hall–Kier alpha value is -0.680. The molecule has 1 aromatic rings. The highest BCUT2D eigenvalue weighted by molar-refractivity contribution is 7.84. The van der Waals surface area contributed by atoms with Crippen LogP contribution in [0.25, 0.3) is 0 Å². The van der Waals surface area contributed by atoms with E-state index in [-0.39, 0.29) is 11.5 Å². The summed E-state index contributed by atoms with van der Waals surface area (Å²) in [5.41, 5.74) is -0.143. The van der Waals surface area contributed by atoms with Crippen molar-refractivity contribution in [3.63, 3.8) is 0 Å². The normalized spacial score (nSPS) is 15.1. The van der Waals surface area contributed by atoms with Crippen LogP contribution in [0, 0.1) is 0 Å². The molecule has 6 heteroatoms. The number of nitrogens with zero attached hydrogens (tertiary/aromatic N) is 2. The summed E-state index contributed by atoms with van der Waals surface area (Å²) in [6.07, 6.45) is 2.54. The van der Waals surface area contributed by atoms with Crippen LogP contribution in [0.5, 0.6) is 0 Å². The maximum Gasteiger partial charge on any atom is 0.137 e. The standard InChI is InChI=1S/C13H22ClN3OS/c1-9(6-7-19(5)18)15-11-8-10(14)16-12(17-11)13(2,3)4/h8-9H,6-7H2,1-5H3,(H,15,16,17). The first kappa shape index (κ1) is 16.4. The monoisotopic (exact) mass is 303 g/mol. The Balaban J connectivity index is 2.78. The van der Waals surface area contributed by atoms with Crippen molar-refractivity contribution in [2.24, 2.45) is 0 Å². The first-order valence-corrected chi connectivity index (χ1v) is 8.40. The van der Waals surface area contributed by atoms with Crippen molar-refractivity contribution < 1.29 is 4.21 Å². The van der Waals surface area contributed by atoms with Crippen LogP contribution in [0.4, 0.5) is 5.82 Å². The van der Waals surface area contributed by atoms with Gasteiger partial charge in [-0.25, -0.2) is 9.97 Å². The maximum absolute atomic E-state index is 11.1. The van der Waals surface area contributed by atoms with E-state index >= 15 is 0 Å². The fourth-order valence-electron chi connectivity index (χ4n) is 1.49. The van der Waals surface area contributed by atoms with Crippen LogP contribution in [-0.2, 0) is 16.2 Å². The van der Waals surface area contributed by atoms with Gasteiger partial charge in [0.15, 0.2) is 0 Å². The molecular formula is C13H22ClN3OS. The Labute approximate surface area is 122 Å². The molecule has 19 heavy (non-hydrogen) atoms. The van der Waals surface area contributed by atoms with Gasteiger partial charge in [-0.2, -0.15) is 0 Å². The number of hydrogen-bond donors (Lipinski definition) is 1. The van der Waals surface area contributed by atoms with Crippen LogP contribution in [0.2, 0.25) is 5.15 Å². The molecule has 1 heterocycles. The second kappa shape index (κ2) is 6.66. The van der Waals surface area contributed by atoms with E-state index in [9.17, 15) is 4.21 Å². The topological polar surface area (TPSA) is 54.9 Å². The van der Waals surface area contributed by atoms with Crippen molar-refractivity contribution in [2.75, 3.05) is 17.3 Å². The molecule has 4 nitrogen and oxygen atoms in total. The fourth-order valence-corrected chi connectivity index (χ4v) is 2.36. The number of nitrogens with one attached hydrogen (secondary N) is 1. The molecule has 0 saturated carbocycles. The van der Waals surface area contributed by atoms with E-state index in [0.717, 1.165) is 12.2 Å². The third-order valence-electron chi connectivity index (χ3n) is 2.60. The molecule has 0 aromatic carbocycles. The number of rotatable bonds is 5. The van der Waals surface area contributed by atoms with Crippen LogP contribution in [0.1, 0.15) is 39.9 Å². The Bertz CT molecular complexity index is 460. The summed E-state index contributed by atoms with van der Waals surface area (Å²) in [5.74, 6) is 2.12. The van der Waals surface area contributed by atoms with Crippen LogP contribution in [0.15, 0.2) is 6.07 Å². The van der Waals surface area contributed by atoms with Gasteiger partial charge in [0.1, 0.15) is 16.8 Å². The minimum absolute atomic E-state index is 0.143. The van der Waals surface area contributed by atoms with E-state index in [2.05, 4.69) is 15.3 Å². The molecule has 2 atom stereocenters. The van der Waals surface area contributed by atoms with Gasteiger partial charge < -0.3 is 5.32 Å². The largest absolute Gasteiger partial charge is 0.367 e. The number of aromatic nitrogens is 2. The SMILES string of the molecule is CC(CCS(C)=O)Nc1cc(Cl)nc(C(C)(C)C)n1. The minimum atomic E-state index is -0.766. The lowest BCUT2D eigenvalue weighted by Crippen LogP contribution is -2.21. The van der Waals surface area contributed by atoms with Crippen molar-refractivity contribution in [3.8, 4) is 0 Å². The highest BCUT2D eigenvalue weighted by Gasteiger charge is 2.19. The van der Waals surface area contributed by atoms with E-state index in [0.29, 0.717) is 16.7 Å². The van der Waals surface area contributed by atoms with Gasteiger partial charge in [-0.3, -0.25) is 4.21 Å². The van der Waals surface area contributed by atoms with E-state index < -0.39 is 10.8 Å². The zero-order valence-electron chi connectivity index (χ0n) is 12.2. The maximum atomic E-state index is 11.1. The molecule has 1 N–H and O–H groups in total. The zero-order valence-corrected chi connectivity index (χ0v) is 13.7. The predicted molar refractivity (Wildman–Crippen MR) is 82.4 cm³/mol. The first-order valence-electron chi connectivity index (χ1n) is 6.30. The molecule has 0 fully saturated rings. The quantitative estimate of drug-likeness (QED) is 0.850. The summed E-state index contributed by atoms with van der Waals surface area (Å²) in [6, 6.07) is 1.92. The fraction of sp³-hybridized carbons (Fsp3) is 0.692. The van der Waals surface area contributed by atoms with Crippen molar-refractivity contribution in [2.45, 2.75) is 45.6 Å². The molecule has 108 valence electrons. The Kier molecular flexibility index (Phi) is 5.74. The average molecular weight is 304 g/mol. The van der Waals surface area contributed by atoms with Gasteiger partial charge >= 0.3 is 0 Å². The van der Waals surface area contributed by atoms with E-state index in [1.165, 1.54) is 0 Å². The Morgan fingerprint density at radius 2 is 2.05 bits per heavy atom. The van der Waals surface area contributed by atoms with Crippen molar-refractivity contribution in [3.05, 3.63) is 17.0 Å². The summed E-state index contributed by atoms with van der Waals surface area (Å²) in [6.45, 7) is 8.18. The summed E-state index contributed by atoms with van der Waals surface area (Å²) in [5, 5.41) is 3.72. The van der Waals surface area contributed by atoms with Gasteiger partial charge in [-0.1, -0.05) is 32.4 Å². The molecule has 0 saturated heterocycles. The van der Waals surface area contributed by atoms with Crippen LogP contribution in [-0.4, -0.2) is 32.2 Å². The van der Waals surface area contributed by atoms with Crippen molar-refractivity contribution in [1.29, 1.82) is 0 Å². The van der Waals surface area contributed by atoms with E-state index in [1.807, 2.05) is 27.7 Å². The molecule has 0 amide bonds. The van der Waals surface area contributed by atoms with E-state index in [4.69, 9.17) is 11.6 Å². The molecule has 0 spiro atoms. The minimum Gasteiger partial charge on any atom is -0.367 e. The zero-order chi connectivity index (χ0) is 14.6. The molecule has 0 aliphatic carbocycles. The first-order chi connectivity index (χ1) is 8.68. The lowest BCUT2D eigenvalue weighted by molar-refractivity contribution is 0.545. The number of anilines is 1. The Morgan fingerprint density at radius 3 is 2.58 bits per heavy atom. The molecule has 2 unspecified atom stereocenters. The van der Waals surface area contributed by atoms with Gasteiger partial charge in [0.25, 0.3) is 0 Å². The highest BCUT2D eigenvalue weighted by atomic mass is 35.5.